The van der Waals surface area contributed by atoms with Gasteiger partial charge in [0.25, 0.3) is 5.91 Å². The minimum Gasteiger partial charge on any atom is -0.414 e. The highest BCUT2D eigenvalue weighted by Gasteiger charge is 2.51. The molecule has 2 atom stereocenters. The van der Waals surface area contributed by atoms with Crippen molar-refractivity contribution in [1.29, 1.82) is 5.26 Å². The van der Waals surface area contributed by atoms with Gasteiger partial charge in [0, 0.05) is 27.3 Å². The second-order valence-electron chi connectivity index (χ2n) is 18.5. The lowest BCUT2D eigenvalue weighted by molar-refractivity contribution is -0.0922. The summed E-state index contributed by atoms with van der Waals surface area (Å²) in [4.78, 5) is 23.5. The molecule has 2 aromatic heterocycles. The molecule has 11 heteroatoms. The molecule has 3 aliphatic rings. The maximum Gasteiger partial charge on any atom is 0.291 e. The van der Waals surface area contributed by atoms with Crippen LogP contribution < -0.4 is 5.32 Å². The van der Waals surface area contributed by atoms with E-state index in [0.29, 0.717) is 18.9 Å². The maximum absolute atomic E-state index is 13.8. The zero-order valence-electron chi connectivity index (χ0n) is 32.4. The predicted molar refractivity (Wildman–Crippen MR) is 206 cm³/mol. The van der Waals surface area contributed by atoms with Gasteiger partial charge in [-0.3, -0.25) is 4.79 Å². The average molecular weight is 718 g/mol. The lowest BCUT2D eigenvalue weighted by Gasteiger charge is -2.41. The second kappa shape index (κ2) is 13.9. The monoisotopic (exact) mass is 717 g/mol. The summed E-state index contributed by atoms with van der Waals surface area (Å²) in [5.41, 5.74) is 4.25. The van der Waals surface area contributed by atoms with Crippen molar-refractivity contribution < 1.29 is 18.7 Å². The molecule has 50 heavy (non-hydrogen) atoms. The van der Waals surface area contributed by atoms with Crippen LogP contribution in [0.25, 0.3) is 11.1 Å². The van der Waals surface area contributed by atoms with Gasteiger partial charge >= 0.3 is 0 Å². The number of hydrogen-bond donors (Lipinski definition) is 1. The Morgan fingerprint density at radius 1 is 1.08 bits per heavy atom. The van der Waals surface area contributed by atoms with Crippen LogP contribution in [-0.4, -0.2) is 61.2 Å². The van der Waals surface area contributed by atoms with Gasteiger partial charge in [0.15, 0.2) is 14.0 Å². The average Bonchev–Trinajstić information content (AvgIpc) is 3.54. The molecule has 1 fully saturated rings. The van der Waals surface area contributed by atoms with Gasteiger partial charge in [-0.05, 0) is 98.0 Å². The van der Waals surface area contributed by atoms with E-state index in [4.69, 9.17) is 18.9 Å². The molecule has 9 nitrogen and oxygen atoms in total. The van der Waals surface area contributed by atoms with Crippen molar-refractivity contribution in [3.8, 4) is 6.07 Å². The van der Waals surface area contributed by atoms with Gasteiger partial charge in [0.1, 0.15) is 18.4 Å². The van der Waals surface area contributed by atoms with E-state index in [1.54, 1.807) is 10.8 Å². The fourth-order valence-electron chi connectivity index (χ4n) is 6.64. The first-order valence-corrected chi connectivity index (χ1v) is 24.9. The molecule has 1 aliphatic carbocycles. The Balaban J connectivity index is 1.46. The third-order valence-electron chi connectivity index (χ3n) is 11.1. The van der Waals surface area contributed by atoms with Crippen LogP contribution in [-0.2, 0) is 20.6 Å². The lowest BCUT2D eigenvalue weighted by Crippen LogP contribution is -2.47. The Morgan fingerprint density at radius 2 is 1.82 bits per heavy atom. The minimum atomic E-state index is -1.98. The van der Waals surface area contributed by atoms with Crippen LogP contribution in [0.3, 0.4) is 0 Å². The number of nitriles is 1. The van der Waals surface area contributed by atoms with Crippen molar-refractivity contribution in [1.82, 2.24) is 14.5 Å². The fourth-order valence-corrected chi connectivity index (χ4v) is 8.43. The molecule has 0 aromatic carbocycles. The summed E-state index contributed by atoms with van der Waals surface area (Å²) in [6.45, 7) is 26.4. The Labute approximate surface area is 302 Å². The van der Waals surface area contributed by atoms with E-state index >= 15 is 0 Å². The van der Waals surface area contributed by atoms with Gasteiger partial charge in [-0.15, -0.1) is 0 Å². The summed E-state index contributed by atoms with van der Waals surface area (Å²) in [7, 11) is -3.25. The molecular weight excluding hydrogens is 659 g/mol. The standard InChI is InChI=1S/C39H59N5O4Si2/c1-36(2,3)50(10,11)47-26-39-19-18-38(6,48-39)22-29(23-39)31-12-13-32(33(42-31)28-14-16-37(4,5)17-15-28)43-35(45)34-41-30(24-40)25-44(34)27-46-20-21-49(7,8)9/h12-14,23,25H,15-22,26-27H2,1-11H3,(H,43,45). The number of amides is 1. The normalized spacial score (nSPS) is 23.6. The number of fused-ring (bicyclic) bond motifs is 2. The molecule has 2 unspecified atom stereocenters. The van der Waals surface area contributed by atoms with E-state index in [-0.39, 0.29) is 34.3 Å². The quantitative estimate of drug-likeness (QED) is 0.172. The zero-order valence-corrected chi connectivity index (χ0v) is 34.4. The number of aromatic nitrogens is 3. The first-order chi connectivity index (χ1) is 23.1. The number of carbonyl (C=O) groups excluding carboxylic acids is 1. The Morgan fingerprint density at radius 3 is 2.46 bits per heavy atom. The highest BCUT2D eigenvalue weighted by molar-refractivity contribution is 6.76. The number of allylic oxidation sites excluding steroid dienone is 2. The number of ether oxygens (including phenoxy) is 2. The zero-order chi connectivity index (χ0) is 36.8. The fraction of sp³-hybridized carbons (Fsp3) is 0.641. The van der Waals surface area contributed by atoms with Crippen molar-refractivity contribution in [2.24, 2.45) is 5.41 Å². The number of imidazole rings is 1. The van der Waals surface area contributed by atoms with Gasteiger partial charge in [0.05, 0.1) is 29.3 Å². The van der Waals surface area contributed by atoms with E-state index in [0.717, 1.165) is 67.1 Å². The molecule has 272 valence electrons. The van der Waals surface area contributed by atoms with Gasteiger partial charge in [-0.1, -0.05) is 60.3 Å². The number of nitrogens with one attached hydrogen (secondary N) is 1. The van der Waals surface area contributed by atoms with E-state index in [1.165, 1.54) is 0 Å². The lowest BCUT2D eigenvalue weighted by atomic mass is 9.77. The van der Waals surface area contributed by atoms with Crippen molar-refractivity contribution in [2.75, 3.05) is 18.5 Å². The number of nitrogens with zero attached hydrogens (tertiary/aromatic N) is 4. The summed E-state index contributed by atoms with van der Waals surface area (Å²) in [5.74, 6) is -0.256. The molecule has 1 N–H and O–H groups in total. The number of anilines is 1. The summed E-state index contributed by atoms with van der Waals surface area (Å²) in [6.07, 6.45) is 11.6. The SMILES string of the molecule is CC1(C)CC=C(c2nc(C3=CC4(CO[Si](C)(C)C(C)(C)C)CCC(C)(C3)O4)ccc2NC(=O)c2nc(C#N)cn2COCC[Si](C)(C)C)CC1. The van der Waals surface area contributed by atoms with Crippen molar-refractivity contribution in [3.05, 3.63) is 53.4 Å². The van der Waals surface area contributed by atoms with Gasteiger partial charge in [-0.25, -0.2) is 9.97 Å². The van der Waals surface area contributed by atoms with Crippen LogP contribution >= 0.6 is 0 Å². The van der Waals surface area contributed by atoms with Gasteiger partial charge in [0.2, 0.25) is 5.82 Å². The first-order valence-electron chi connectivity index (χ1n) is 18.3. The van der Waals surface area contributed by atoms with Crippen LogP contribution in [0.15, 0.2) is 30.5 Å². The number of hydrogen-bond acceptors (Lipinski definition) is 7. The van der Waals surface area contributed by atoms with E-state index in [1.807, 2.05) is 12.1 Å². The van der Waals surface area contributed by atoms with Gasteiger partial charge < -0.3 is 23.8 Å². The smallest absolute Gasteiger partial charge is 0.291 e. The molecule has 1 saturated heterocycles. The van der Waals surface area contributed by atoms with Crippen LogP contribution in [0.4, 0.5) is 5.69 Å². The van der Waals surface area contributed by atoms with Crippen LogP contribution in [0.5, 0.6) is 0 Å². The number of pyridine rings is 1. The summed E-state index contributed by atoms with van der Waals surface area (Å²) < 4.78 is 21.1. The molecule has 2 bridgehead atoms. The molecular formula is C39H59N5O4Si2. The van der Waals surface area contributed by atoms with E-state index < -0.39 is 27.9 Å². The molecule has 2 aliphatic heterocycles. The third-order valence-corrected chi connectivity index (χ3v) is 17.3. The molecule has 0 saturated carbocycles. The van der Waals surface area contributed by atoms with E-state index in [2.05, 4.69) is 103 Å². The number of carbonyl (C=O) groups is 1. The van der Waals surface area contributed by atoms with E-state index in [9.17, 15) is 10.1 Å². The highest BCUT2D eigenvalue weighted by atomic mass is 28.4. The molecule has 1 amide bonds. The van der Waals surface area contributed by atoms with Crippen LogP contribution in [0, 0.1) is 16.7 Å². The molecule has 2 aromatic rings. The Bertz CT molecular complexity index is 1710. The van der Waals surface area contributed by atoms with Crippen molar-refractivity contribution >= 4 is 39.1 Å². The first kappa shape index (κ1) is 38.3. The number of rotatable bonds is 12. The van der Waals surface area contributed by atoms with Crippen LogP contribution in [0.2, 0.25) is 43.8 Å². The summed E-state index contributed by atoms with van der Waals surface area (Å²) in [6, 6.07) is 7.07. The molecule has 0 spiro atoms. The molecule has 5 rings (SSSR count). The molecule has 4 heterocycles. The minimum absolute atomic E-state index is 0.111. The third kappa shape index (κ3) is 8.94. The van der Waals surface area contributed by atoms with Crippen molar-refractivity contribution in [2.45, 2.75) is 142 Å². The van der Waals surface area contributed by atoms with Crippen LogP contribution in [0.1, 0.15) is 108 Å². The van der Waals surface area contributed by atoms with Crippen molar-refractivity contribution in [3.63, 3.8) is 0 Å². The predicted octanol–water partition coefficient (Wildman–Crippen LogP) is 9.42. The topological polar surface area (TPSA) is 111 Å². The largest absolute Gasteiger partial charge is 0.414 e. The summed E-state index contributed by atoms with van der Waals surface area (Å²) in [5, 5.41) is 12.8. The van der Waals surface area contributed by atoms with Gasteiger partial charge in [-0.2, -0.15) is 5.26 Å². The Kier molecular flexibility index (Phi) is 10.7. The highest BCUT2D eigenvalue weighted by Crippen LogP contribution is 2.50. The Hall–Kier alpha value is -2.89. The summed E-state index contributed by atoms with van der Waals surface area (Å²) >= 11 is 0. The maximum atomic E-state index is 13.8. The second-order valence-corrected chi connectivity index (χ2v) is 29.0. The molecule has 0 radical (unpaired) electrons.